The second-order valence-corrected chi connectivity index (χ2v) is 5.57. The zero-order valence-corrected chi connectivity index (χ0v) is 12.1. The molecule has 1 aliphatic heterocycles. The Morgan fingerprint density at radius 3 is 2.70 bits per heavy atom. The van der Waals surface area contributed by atoms with Crippen LogP contribution in [-0.2, 0) is 0 Å². The van der Waals surface area contributed by atoms with Crippen LogP contribution in [-0.4, -0.2) is 23.3 Å². The van der Waals surface area contributed by atoms with Crippen LogP contribution in [0.25, 0.3) is 0 Å². The van der Waals surface area contributed by atoms with Gasteiger partial charge in [-0.05, 0) is 38.7 Å². The number of rotatable bonds is 3. The number of anilines is 1. The first-order valence-corrected chi connectivity index (χ1v) is 6.98. The Bertz CT molecular complexity index is 542. The number of nitro benzene ring substituents is 1. The van der Waals surface area contributed by atoms with Crippen molar-refractivity contribution in [1.29, 1.82) is 0 Å². The quantitative estimate of drug-likeness (QED) is 0.482. The van der Waals surface area contributed by atoms with Gasteiger partial charge in [0.15, 0.2) is 5.78 Å². The number of benzene rings is 1. The molecule has 5 heteroatoms. The number of hydrogen-bond donors (Lipinski definition) is 0. The van der Waals surface area contributed by atoms with Crippen molar-refractivity contribution in [3.8, 4) is 0 Å². The molecule has 5 nitrogen and oxygen atoms in total. The molecule has 0 bridgehead atoms. The average Bonchev–Trinajstić information content (AvgIpc) is 2.41. The van der Waals surface area contributed by atoms with Crippen molar-refractivity contribution in [2.45, 2.75) is 39.7 Å². The molecule has 0 spiro atoms. The maximum Gasteiger partial charge on any atom is 0.270 e. The number of carbonyl (C=O) groups is 1. The Balaban J connectivity index is 2.45. The lowest BCUT2D eigenvalue weighted by molar-refractivity contribution is -0.384. The smallest absolute Gasteiger partial charge is 0.270 e. The fourth-order valence-corrected chi connectivity index (χ4v) is 2.85. The summed E-state index contributed by atoms with van der Waals surface area (Å²) in [5, 5.41) is 10.9. The lowest BCUT2D eigenvalue weighted by Gasteiger charge is -2.40. The minimum Gasteiger partial charge on any atom is -0.368 e. The zero-order valence-electron chi connectivity index (χ0n) is 12.1. The third-order valence-corrected chi connectivity index (χ3v) is 4.25. The van der Waals surface area contributed by atoms with Crippen molar-refractivity contribution < 1.29 is 9.72 Å². The van der Waals surface area contributed by atoms with Crippen molar-refractivity contribution in [2.75, 3.05) is 11.4 Å². The van der Waals surface area contributed by atoms with Crippen LogP contribution in [0, 0.1) is 16.0 Å². The highest BCUT2D eigenvalue weighted by molar-refractivity contribution is 6.00. The number of non-ortho nitro benzene ring substituents is 1. The predicted octanol–water partition coefficient (Wildman–Crippen LogP) is 3.42. The minimum atomic E-state index is -0.460. The van der Waals surface area contributed by atoms with E-state index in [0.29, 0.717) is 17.5 Å². The minimum absolute atomic E-state index is 0.0309. The lowest BCUT2D eigenvalue weighted by Crippen LogP contribution is -2.43. The van der Waals surface area contributed by atoms with Gasteiger partial charge in [0.25, 0.3) is 5.69 Å². The van der Waals surface area contributed by atoms with Gasteiger partial charge in [0.1, 0.15) is 0 Å². The molecule has 20 heavy (non-hydrogen) atoms. The van der Waals surface area contributed by atoms with Crippen LogP contribution in [0.5, 0.6) is 0 Å². The maximum absolute atomic E-state index is 11.8. The molecule has 0 radical (unpaired) electrons. The molecule has 1 saturated heterocycles. The monoisotopic (exact) mass is 276 g/mol. The van der Waals surface area contributed by atoms with E-state index in [0.717, 1.165) is 18.7 Å². The number of nitrogens with zero attached hydrogens (tertiary/aromatic N) is 2. The summed E-state index contributed by atoms with van der Waals surface area (Å²) in [7, 11) is 0. The van der Waals surface area contributed by atoms with Crippen LogP contribution < -0.4 is 4.90 Å². The Labute approximate surface area is 118 Å². The summed E-state index contributed by atoms with van der Waals surface area (Å²) in [5.74, 6) is 0.424. The standard InChI is InChI=1S/C15H20N2O3/c1-10-5-4-8-16(11(10)2)15-7-6-13(17(19)20)9-14(15)12(3)18/h6-7,9-11H,4-5,8H2,1-3H3. The molecule has 2 unspecified atom stereocenters. The number of hydrogen-bond acceptors (Lipinski definition) is 4. The molecule has 0 N–H and O–H groups in total. The van der Waals surface area contributed by atoms with Gasteiger partial charge in [-0.3, -0.25) is 14.9 Å². The highest BCUT2D eigenvalue weighted by Crippen LogP contribution is 2.32. The summed E-state index contributed by atoms with van der Waals surface area (Å²) in [6, 6.07) is 4.92. The topological polar surface area (TPSA) is 63.4 Å². The molecule has 1 heterocycles. The summed E-state index contributed by atoms with van der Waals surface area (Å²) in [4.78, 5) is 24.4. The Morgan fingerprint density at radius 2 is 2.10 bits per heavy atom. The predicted molar refractivity (Wildman–Crippen MR) is 78.3 cm³/mol. The molecular weight excluding hydrogens is 256 g/mol. The first-order chi connectivity index (χ1) is 9.41. The fourth-order valence-electron chi connectivity index (χ4n) is 2.85. The van der Waals surface area contributed by atoms with Gasteiger partial charge >= 0.3 is 0 Å². The summed E-state index contributed by atoms with van der Waals surface area (Å²) in [6.45, 7) is 6.70. The van der Waals surface area contributed by atoms with Crippen molar-refractivity contribution in [3.63, 3.8) is 0 Å². The van der Waals surface area contributed by atoms with Crippen molar-refractivity contribution in [2.24, 2.45) is 5.92 Å². The first-order valence-electron chi connectivity index (χ1n) is 6.98. The Hall–Kier alpha value is -1.91. The fraction of sp³-hybridized carbons (Fsp3) is 0.533. The molecule has 2 rings (SSSR count). The summed E-state index contributed by atoms with van der Waals surface area (Å²) in [6.07, 6.45) is 2.26. The van der Waals surface area contributed by atoms with E-state index in [9.17, 15) is 14.9 Å². The lowest BCUT2D eigenvalue weighted by atomic mass is 9.90. The molecule has 1 aliphatic rings. The molecule has 2 atom stereocenters. The maximum atomic E-state index is 11.8. The van der Waals surface area contributed by atoms with Gasteiger partial charge in [-0.15, -0.1) is 0 Å². The second kappa shape index (κ2) is 5.61. The molecule has 0 amide bonds. The number of carbonyl (C=O) groups excluding carboxylic acids is 1. The summed E-state index contributed by atoms with van der Waals surface area (Å²) in [5.41, 5.74) is 1.24. The van der Waals surface area contributed by atoms with Crippen LogP contribution in [0.4, 0.5) is 11.4 Å². The van der Waals surface area contributed by atoms with Crippen molar-refractivity contribution in [1.82, 2.24) is 0 Å². The van der Waals surface area contributed by atoms with Gasteiger partial charge in [0, 0.05) is 36.0 Å². The van der Waals surface area contributed by atoms with E-state index in [1.165, 1.54) is 25.5 Å². The van der Waals surface area contributed by atoms with E-state index in [1.807, 2.05) is 0 Å². The third-order valence-electron chi connectivity index (χ3n) is 4.25. The number of piperidine rings is 1. The van der Waals surface area contributed by atoms with Crippen LogP contribution in [0.1, 0.15) is 44.0 Å². The Kier molecular flexibility index (Phi) is 4.06. The number of nitro groups is 1. The highest BCUT2D eigenvalue weighted by Gasteiger charge is 2.27. The number of Topliss-reactive ketones (excluding diaryl/α,β-unsaturated/α-hetero) is 1. The van der Waals surface area contributed by atoms with E-state index in [4.69, 9.17) is 0 Å². The van der Waals surface area contributed by atoms with Crippen molar-refractivity contribution >= 4 is 17.2 Å². The van der Waals surface area contributed by atoms with Gasteiger partial charge in [-0.25, -0.2) is 0 Å². The molecule has 108 valence electrons. The molecular formula is C15H20N2O3. The highest BCUT2D eigenvalue weighted by atomic mass is 16.6. The summed E-state index contributed by atoms with van der Waals surface area (Å²) < 4.78 is 0. The van der Waals surface area contributed by atoms with Gasteiger partial charge in [0.2, 0.25) is 0 Å². The largest absolute Gasteiger partial charge is 0.368 e. The zero-order chi connectivity index (χ0) is 14.9. The van der Waals surface area contributed by atoms with E-state index in [2.05, 4.69) is 18.7 Å². The van der Waals surface area contributed by atoms with Crippen molar-refractivity contribution in [3.05, 3.63) is 33.9 Å². The molecule has 1 fully saturated rings. The van der Waals surface area contributed by atoms with Gasteiger partial charge in [-0.2, -0.15) is 0 Å². The Morgan fingerprint density at radius 1 is 1.40 bits per heavy atom. The third kappa shape index (κ3) is 2.66. The van der Waals surface area contributed by atoms with E-state index in [-0.39, 0.29) is 11.5 Å². The molecule has 0 aliphatic carbocycles. The molecule has 1 aromatic rings. The van der Waals surface area contributed by atoms with E-state index < -0.39 is 4.92 Å². The molecule has 1 aromatic carbocycles. The van der Waals surface area contributed by atoms with Gasteiger partial charge in [-0.1, -0.05) is 6.92 Å². The second-order valence-electron chi connectivity index (χ2n) is 5.57. The summed E-state index contributed by atoms with van der Waals surface area (Å²) >= 11 is 0. The average molecular weight is 276 g/mol. The van der Waals surface area contributed by atoms with Crippen LogP contribution in [0.15, 0.2) is 18.2 Å². The SMILES string of the molecule is CC(=O)c1cc([N+](=O)[O-])ccc1N1CCCC(C)C1C. The molecule has 0 saturated carbocycles. The molecule has 0 aromatic heterocycles. The van der Waals surface area contributed by atoms with Gasteiger partial charge < -0.3 is 4.90 Å². The first kappa shape index (κ1) is 14.5. The van der Waals surface area contributed by atoms with E-state index >= 15 is 0 Å². The number of ketones is 1. The normalized spacial score (nSPS) is 22.6. The van der Waals surface area contributed by atoms with Crippen LogP contribution >= 0.6 is 0 Å². The van der Waals surface area contributed by atoms with Crippen LogP contribution in [0.2, 0.25) is 0 Å². The van der Waals surface area contributed by atoms with Crippen LogP contribution in [0.3, 0.4) is 0 Å². The van der Waals surface area contributed by atoms with Gasteiger partial charge in [0.05, 0.1) is 4.92 Å². The van der Waals surface area contributed by atoms with E-state index in [1.54, 1.807) is 6.07 Å².